The number of hydrogen-bond acceptors (Lipinski definition) is 2. The normalized spacial score (nSPS) is 12.5. The number of benzene rings is 2. The van der Waals surface area contributed by atoms with Crippen molar-refractivity contribution in [3.63, 3.8) is 0 Å². The summed E-state index contributed by atoms with van der Waals surface area (Å²) < 4.78 is 43.5. The maximum Gasteiger partial charge on any atom is 0.387 e. The molecule has 0 radical (unpaired) electrons. The molecule has 0 saturated heterocycles. The Labute approximate surface area is 121 Å². The molecule has 0 amide bonds. The molecule has 2 rings (SSSR count). The van der Waals surface area contributed by atoms with E-state index < -0.39 is 18.5 Å². The second-order valence-corrected chi connectivity index (χ2v) is 4.87. The van der Waals surface area contributed by atoms with E-state index in [-0.39, 0.29) is 11.3 Å². The van der Waals surface area contributed by atoms with Crippen molar-refractivity contribution < 1.29 is 17.9 Å². The summed E-state index contributed by atoms with van der Waals surface area (Å²) in [7, 11) is 0. The highest BCUT2D eigenvalue weighted by Crippen LogP contribution is 2.32. The summed E-state index contributed by atoms with van der Waals surface area (Å²) in [5, 5.41) is 0. The maximum absolute atomic E-state index is 14.2. The number of alkyl halides is 2. The highest BCUT2D eigenvalue weighted by Gasteiger charge is 2.21. The van der Waals surface area contributed by atoms with Crippen LogP contribution in [0.4, 0.5) is 13.2 Å². The Morgan fingerprint density at radius 2 is 1.76 bits per heavy atom. The highest BCUT2D eigenvalue weighted by molar-refractivity contribution is 5.45. The lowest BCUT2D eigenvalue weighted by Crippen LogP contribution is -2.17. The Morgan fingerprint density at radius 1 is 1.10 bits per heavy atom. The summed E-state index contributed by atoms with van der Waals surface area (Å²) in [5.41, 5.74) is 8.13. The molecule has 1 atom stereocenters. The lowest BCUT2D eigenvalue weighted by Gasteiger charge is -2.19. The molecule has 2 nitrogen and oxygen atoms in total. The maximum atomic E-state index is 14.2. The van der Waals surface area contributed by atoms with Gasteiger partial charge in [0.1, 0.15) is 11.6 Å². The molecule has 0 aliphatic carbocycles. The van der Waals surface area contributed by atoms with Gasteiger partial charge in [0.2, 0.25) is 0 Å². The molecule has 0 bridgehead atoms. The zero-order valence-corrected chi connectivity index (χ0v) is 11.7. The van der Waals surface area contributed by atoms with Crippen LogP contribution in [0, 0.1) is 19.7 Å². The predicted molar refractivity (Wildman–Crippen MR) is 75.0 cm³/mol. The van der Waals surface area contributed by atoms with Crippen LogP contribution in [0.2, 0.25) is 0 Å². The van der Waals surface area contributed by atoms with Crippen LogP contribution in [-0.2, 0) is 0 Å². The molecule has 2 aromatic rings. The Bertz CT molecular complexity index is 620. The molecule has 0 aromatic heterocycles. The average Bonchev–Trinajstić information content (AvgIpc) is 2.37. The van der Waals surface area contributed by atoms with Gasteiger partial charge in [-0.15, -0.1) is 0 Å². The second kappa shape index (κ2) is 6.18. The number of halogens is 3. The van der Waals surface area contributed by atoms with Crippen molar-refractivity contribution in [1.82, 2.24) is 0 Å². The number of nitrogens with two attached hydrogens (primary N) is 1. The van der Waals surface area contributed by atoms with Crippen LogP contribution in [0.5, 0.6) is 5.75 Å². The summed E-state index contributed by atoms with van der Waals surface area (Å²) in [6, 6.07) is 8.46. The monoisotopic (exact) mass is 295 g/mol. The van der Waals surface area contributed by atoms with E-state index in [1.807, 2.05) is 0 Å². The molecule has 2 N–H and O–H groups in total. The Morgan fingerprint density at radius 3 is 2.38 bits per heavy atom. The van der Waals surface area contributed by atoms with Gasteiger partial charge in [-0.25, -0.2) is 4.39 Å². The Kier molecular flexibility index (Phi) is 4.53. The number of para-hydroxylation sites is 1. The first kappa shape index (κ1) is 15.4. The Balaban J connectivity index is 2.48. The van der Waals surface area contributed by atoms with E-state index in [0.29, 0.717) is 11.1 Å². The van der Waals surface area contributed by atoms with Crippen molar-refractivity contribution in [1.29, 1.82) is 0 Å². The fourth-order valence-corrected chi connectivity index (χ4v) is 2.42. The summed E-state index contributed by atoms with van der Waals surface area (Å²) >= 11 is 0. The van der Waals surface area contributed by atoms with Crippen LogP contribution in [0.15, 0.2) is 36.4 Å². The highest BCUT2D eigenvalue weighted by atomic mass is 19.3. The minimum absolute atomic E-state index is 0.0422. The molecule has 0 spiro atoms. The van der Waals surface area contributed by atoms with Crippen molar-refractivity contribution in [2.75, 3.05) is 0 Å². The van der Waals surface area contributed by atoms with Gasteiger partial charge in [-0.1, -0.05) is 24.3 Å². The number of aryl methyl sites for hydroxylation is 2. The van der Waals surface area contributed by atoms with Crippen LogP contribution in [-0.4, -0.2) is 6.61 Å². The van der Waals surface area contributed by atoms with E-state index in [0.717, 1.165) is 5.56 Å². The smallest absolute Gasteiger partial charge is 0.387 e. The van der Waals surface area contributed by atoms with E-state index in [4.69, 9.17) is 5.73 Å². The van der Waals surface area contributed by atoms with Gasteiger partial charge in [0, 0.05) is 11.1 Å². The van der Waals surface area contributed by atoms with Crippen molar-refractivity contribution in [2.24, 2.45) is 5.73 Å². The zero-order chi connectivity index (χ0) is 15.6. The van der Waals surface area contributed by atoms with E-state index in [1.54, 1.807) is 38.1 Å². The van der Waals surface area contributed by atoms with Crippen molar-refractivity contribution in [2.45, 2.75) is 26.5 Å². The average molecular weight is 295 g/mol. The molecule has 0 saturated carbocycles. The van der Waals surface area contributed by atoms with Crippen LogP contribution >= 0.6 is 0 Å². The van der Waals surface area contributed by atoms with Gasteiger partial charge in [-0.3, -0.25) is 0 Å². The molecular weight excluding hydrogens is 279 g/mol. The largest absolute Gasteiger partial charge is 0.434 e. The summed E-state index contributed by atoms with van der Waals surface area (Å²) in [6.45, 7) is 0.559. The van der Waals surface area contributed by atoms with Crippen LogP contribution in [0.1, 0.15) is 28.3 Å². The molecule has 0 fully saturated rings. The SMILES string of the molecule is Cc1cc(C)c(C(N)c2ccccc2OC(F)F)c(F)c1. The number of hydrogen-bond donors (Lipinski definition) is 1. The third kappa shape index (κ3) is 3.36. The van der Waals surface area contributed by atoms with Gasteiger partial charge in [0.25, 0.3) is 0 Å². The zero-order valence-electron chi connectivity index (χ0n) is 11.7. The van der Waals surface area contributed by atoms with E-state index in [9.17, 15) is 13.2 Å². The third-order valence-electron chi connectivity index (χ3n) is 3.26. The lowest BCUT2D eigenvalue weighted by molar-refractivity contribution is -0.0505. The molecule has 2 aromatic carbocycles. The van der Waals surface area contributed by atoms with E-state index in [1.165, 1.54) is 12.1 Å². The molecule has 1 unspecified atom stereocenters. The molecule has 0 aliphatic rings. The fourth-order valence-electron chi connectivity index (χ4n) is 2.42. The van der Waals surface area contributed by atoms with Gasteiger partial charge < -0.3 is 10.5 Å². The van der Waals surface area contributed by atoms with E-state index >= 15 is 0 Å². The molecule has 112 valence electrons. The Hall–Kier alpha value is -2.01. The molecule has 5 heteroatoms. The first-order valence-electron chi connectivity index (χ1n) is 6.46. The van der Waals surface area contributed by atoms with Crippen molar-refractivity contribution in [3.8, 4) is 5.75 Å². The molecule has 0 heterocycles. The first-order chi connectivity index (χ1) is 9.90. The fraction of sp³-hybridized carbons (Fsp3) is 0.250. The first-order valence-corrected chi connectivity index (χ1v) is 6.46. The quantitative estimate of drug-likeness (QED) is 0.922. The molecule has 21 heavy (non-hydrogen) atoms. The topological polar surface area (TPSA) is 35.2 Å². The third-order valence-corrected chi connectivity index (χ3v) is 3.26. The lowest BCUT2D eigenvalue weighted by atomic mass is 9.93. The van der Waals surface area contributed by atoms with Gasteiger partial charge in [0.05, 0.1) is 6.04 Å². The van der Waals surface area contributed by atoms with Crippen molar-refractivity contribution in [3.05, 3.63) is 64.5 Å². The summed E-state index contributed by atoms with van der Waals surface area (Å²) in [6.07, 6.45) is 0. The van der Waals surface area contributed by atoms with Gasteiger partial charge in [-0.2, -0.15) is 8.78 Å². The summed E-state index contributed by atoms with van der Waals surface area (Å²) in [5.74, 6) is -0.494. The van der Waals surface area contributed by atoms with Gasteiger partial charge in [0.15, 0.2) is 0 Å². The van der Waals surface area contributed by atoms with Crippen LogP contribution in [0.3, 0.4) is 0 Å². The minimum atomic E-state index is -2.96. The minimum Gasteiger partial charge on any atom is -0.434 e. The predicted octanol–water partition coefficient (Wildman–Crippen LogP) is 4.09. The molecule has 0 aliphatic heterocycles. The van der Waals surface area contributed by atoms with E-state index in [2.05, 4.69) is 4.74 Å². The molecular formula is C16H16F3NO. The van der Waals surface area contributed by atoms with Crippen molar-refractivity contribution >= 4 is 0 Å². The summed E-state index contributed by atoms with van der Waals surface area (Å²) in [4.78, 5) is 0. The number of rotatable bonds is 4. The van der Waals surface area contributed by atoms with Crippen LogP contribution < -0.4 is 10.5 Å². The van der Waals surface area contributed by atoms with Gasteiger partial charge >= 0.3 is 6.61 Å². The standard InChI is InChI=1S/C16H16F3NO/c1-9-7-10(2)14(12(17)8-9)15(20)11-5-3-4-6-13(11)21-16(18)19/h3-8,15-16H,20H2,1-2H3. The number of ether oxygens (including phenoxy) is 1. The second-order valence-electron chi connectivity index (χ2n) is 4.87. The van der Waals surface area contributed by atoms with Gasteiger partial charge in [-0.05, 0) is 37.1 Å². The van der Waals surface area contributed by atoms with Crippen LogP contribution in [0.25, 0.3) is 0 Å².